The second-order valence-electron chi connectivity index (χ2n) is 6.37. The zero-order chi connectivity index (χ0) is 18.0. The van der Waals surface area contributed by atoms with E-state index in [1.807, 2.05) is 32.9 Å². The summed E-state index contributed by atoms with van der Waals surface area (Å²) >= 11 is 0. The van der Waals surface area contributed by atoms with Gasteiger partial charge in [0.25, 0.3) is 0 Å². The van der Waals surface area contributed by atoms with Gasteiger partial charge in [-0.25, -0.2) is 8.78 Å². The van der Waals surface area contributed by atoms with Crippen LogP contribution in [0.1, 0.15) is 71.3 Å². The van der Waals surface area contributed by atoms with Crippen molar-refractivity contribution in [3.63, 3.8) is 0 Å². The summed E-state index contributed by atoms with van der Waals surface area (Å²) in [5.41, 5.74) is 0.395. The van der Waals surface area contributed by atoms with Crippen LogP contribution in [-0.2, 0) is 5.41 Å². The molecule has 0 amide bonds. The molecule has 1 fully saturated rings. The van der Waals surface area contributed by atoms with E-state index in [0.29, 0.717) is 11.3 Å². The van der Waals surface area contributed by atoms with E-state index in [1.54, 1.807) is 6.08 Å². The number of rotatable bonds is 1. The molecule has 3 heteroatoms. The van der Waals surface area contributed by atoms with Crippen LogP contribution < -0.4 is 0 Å². The van der Waals surface area contributed by atoms with Crippen LogP contribution in [0.5, 0.6) is 0 Å². The number of hydrogen-bond acceptors (Lipinski definition) is 1. The summed E-state index contributed by atoms with van der Waals surface area (Å²) in [5.74, 6) is -0.0958. The van der Waals surface area contributed by atoms with Crippen molar-refractivity contribution in [2.45, 2.75) is 71.1 Å². The summed E-state index contributed by atoms with van der Waals surface area (Å²) in [4.78, 5) is 0. The minimum Gasteiger partial charge on any atom is -0.512 e. The Morgan fingerprint density at radius 1 is 1.04 bits per heavy atom. The van der Waals surface area contributed by atoms with Crippen LogP contribution in [-0.4, -0.2) is 5.11 Å². The highest BCUT2D eigenvalue weighted by molar-refractivity contribution is 5.27. The maximum Gasteiger partial charge on any atom is 0.127 e. The molecule has 0 bridgehead atoms. The maximum atomic E-state index is 13.6. The molecular formula is C21H30F2O. The van der Waals surface area contributed by atoms with Crippen LogP contribution in [0.2, 0.25) is 0 Å². The van der Waals surface area contributed by atoms with Gasteiger partial charge >= 0.3 is 0 Å². The SMILES string of the molecule is CC.CC1(c2cc(F)ccc2F)CCCCC1.OC1=CC=CCC1. The molecule has 1 saturated carbocycles. The average molecular weight is 336 g/mol. The Morgan fingerprint density at radius 2 is 1.71 bits per heavy atom. The Balaban J connectivity index is 0.000000268. The van der Waals surface area contributed by atoms with Gasteiger partial charge < -0.3 is 5.11 Å². The highest BCUT2D eigenvalue weighted by atomic mass is 19.1. The lowest BCUT2D eigenvalue weighted by Crippen LogP contribution is -2.26. The van der Waals surface area contributed by atoms with Gasteiger partial charge in [-0.1, -0.05) is 52.2 Å². The van der Waals surface area contributed by atoms with Crippen molar-refractivity contribution in [2.75, 3.05) is 0 Å². The Kier molecular flexibility index (Phi) is 8.73. The van der Waals surface area contributed by atoms with Gasteiger partial charge in [0.2, 0.25) is 0 Å². The van der Waals surface area contributed by atoms with Crippen LogP contribution in [0.25, 0.3) is 0 Å². The fraction of sp³-hybridized carbons (Fsp3) is 0.524. The smallest absolute Gasteiger partial charge is 0.127 e. The highest BCUT2D eigenvalue weighted by Crippen LogP contribution is 2.40. The first-order chi connectivity index (χ1) is 11.5. The van der Waals surface area contributed by atoms with Gasteiger partial charge in [-0.3, -0.25) is 0 Å². The fourth-order valence-corrected chi connectivity index (χ4v) is 3.15. The molecule has 134 valence electrons. The number of allylic oxidation sites excluding steroid dienone is 4. The van der Waals surface area contributed by atoms with E-state index in [2.05, 4.69) is 0 Å². The number of aliphatic hydroxyl groups excluding tert-OH is 1. The zero-order valence-electron chi connectivity index (χ0n) is 15.1. The summed E-state index contributed by atoms with van der Waals surface area (Å²) < 4.78 is 26.7. The summed E-state index contributed by atoms with van der Waals surface area (Å²) in [6, 6.07) is 3.79. The van der Waals surface area contributed by atoms with Crippen molar-refractivity contribution in [2.24, 2.45) is 0 Å². The third kappa shape index (κ3) is 6.10. The third-order valence-corrected chi connectivity index (χ3v) is 4.53. The summed E-state index contributed by atoms with van der Waals surface area (Å²) in [6.07, 6.45) is 12.8. The molecule has 0 heterocycles. The summed E-state index contributed by atoms with van der Waals surface area (Å²) in [5, 5.41) is 8.72. The van der Waals surface area contributed by atoms with Crippen molar-refractivity contribution in [1.29, 1.82) is 0 Å². The molecule has 0 radical (unpaired) electrons. The van der Waals surface area contributed by atoms with Crippen molar-refractivity contribution >= 4 is 0 Å². The van der Waals surface area contributed by atoms with E-state index < -0.39 is 0 Å². The Morgan fingerprint density at radius 3 is 2.21 bits per heavy atom. The Bertz CT molecular complexity index is 555. The predicted molar refractivity (Wildman–Crippen MR) is 97.2 cm³/mol. The van der Waals surface area contributed by atoms with Crippen LogP contribution >= 0.6 is 0 Å². The summed E-state index contributed by atoms with van der Waals surface area (Å²) in [6.45, 7) is 6.05. The van der Waals surface area contributed by atoms with Gasteiger partial charge in [0, 0.05) is 6.42 Å². The lowest BCUT2D eigenvalue weighted by molar-refractivity contribution is 0.308. The molecule has 3 rings (SSSR count). The third-order valence-electron chi connectivity index (χ3n) is 4.53. The molecular weight excluding hydrogens is 306 g/mol. The Labute approximate surface area is 145 Å². The largest absolute Gasteiger partial charge is 0.512 e. The number of benzene rings is 1. The second-order valence-corrected chi connectivity index (χ2v) is 6.37. The molecule has 0 aromatic heterocycles. The minimum absolute atomic E-state index is 0.162. The van der Waals surface area contributed by atoms with Gasteiger partial charge in [0.1, 0.15) is 11.6 Å². The van der Waals surface area contributed by atoms with E-state index in [4.69, 9.17) is 5.11 Å². The molecule has 0 spiro atoms. The van der Waals surface area contributed by atoms with Gasteiger partial charge in [0.05, 0.1) is 5.76 Å². The minimum atomic E-state index is -0.335. The highest BCUT2D eigenvalue weighted by Gasteiger charge is 2.31. The van der Waals surface area contributed by atoms with Crippen LogP contribution in [0.3, 0.4) is 0 Å². The standard InChI is InChI=1S/C13H16F2.C6H8O.C2H6/c1-13(7-3-2-4-8-13)11-9-10(14)5-6-12(11)15;7-6-4-2-1-3-5-6;1-2/h5-6,9H,2-4,7-8H2,1H3;1-2,4,7H,3,5H2;1-2H3. The molecule has 0 atom stereocenters. The monoisotopic (exact) mass is 336 g/mol. The molecule has 2 aliphatic rings. The van der Waals surface area contributed by atoms with Crippen molar-refractivity contribution in [3.05, 3.63) is 59.4 Å². The van der Waals surface area contributed by atoms with Crippen molar-refractivity contribution in [3.8, 4) is 0 Å². The maximum absolute atomic E-state index is 13.6. The molecule has 0 unspecified atom stereocenters. The fourth-order valence-electron chi connectivity index (χ4n) is 3.15. The Hall–Kier alpha value is -1.64. The first kappa shape index (κ1) is 20.4. The van der Waals surface area contributed by atoms with Gasteiger partial charge in [-0.05, 0) is 54.5 Å². The van der Waals surface area contributed by atoms with E-state index >= 15 is 0 Å². The van der Waals surface area contributed by atoms with Gasteiger partial charge in [0.15, 0.2) is 0 Å². The van der Waals surface area contributed by atoms with Crippen LogP contribution in [0, 0.1) is 11.6 Å². The molecule has 24 heavy (non-hydrogen) atoms. The topological polar surface area (TPSA) is 20.2 Å². The molecule has 1 aromatic rings. The lowest BCUT2D eigenvalue weighted by atomic mass is 9.71. The lowest BCUT2D eigenvalue weighted by Gasteiger charge is -2.34. The normalized spacial score (nSPS) is 18.5. The van der Waals surface area contributed by atoms with Crippen molar-refractivity contribution < 1.29 is 13.9 Å². The zero-order valence-corrected chi connectivity index (χ0v) is 15.1. The number of aliphatic hydroxyl groups is 1. The van der Waals surface area contributed by atoms with Crippen LogP contribution in [0.4, 0.5) is 8.78 Å². The van der Waals surface area contributed by atoms with Gasteiger partial charge in [-0.15, -0.1) is 0 Å². The molecule has 1 N–H and O–H groups in total. The number of hydrogen-bond donors (Lipinski definition) is 1. The van der Waals surface area contributed by atoms with E-state index in [9.17, 15) is 8.78 Å². The van der Waals surface area contributed by atoms with Gasteiger partial charge in [-0.2, -0.15) is 0 Å². The second kappa shape index (κ2) is 10.3. The first-order valence-corrected chi connectivity index (χ1v) is 9.01. The molecule has 1 nitrogen and oxygen atoms in total. The predicted octanol–water partition coefficient (Wildman–Crippen LogP) is 6.99. The van der Waals surface area contributed by atoms with Crippen LogP contribution in [0.15, 0.2) is 42.2 Å². The molecule has 0 saturated heterocycles. The van der Waals surface area contributed by atoms with Crippen molar-refractivity contribution in [1.82, 2.24) is 0 Å². The number of halogens is 2. The quantitative estimate of drug-likeness (QED) is 0.586. The first-order valence-electron chi connectivity index (χ1n) is 9.01. The van der Waals surface area contributed by atoms with E-state index in [0.717, 1.165) is 38.5 Å². The summed E-state index contributed by atoms with van der Waals surface area (Å²) in [7, 11) is 0. The van der Waals surface area contributed by atoms with E-state index in [-0.39, 0.29) is 17.0 Å². The average Bonchev–Trinajstić information content (AvgIpc) is 2.61. The molecule has 1 aromatic carbocycles. The molecule has 0 aliphatic heterocycles. The molecule has 2 aliphatic carbocycles. The van der Waals surface area contributed by atoms with E-state index in [1.165, 1.54) is 24.6 Å².